The molecule has 0 radical (unpaired) electrons. The van der Waals surface area contributed by atoms with Gasteiger partial charge < -0.3 is 25.4 Å². The lowest BCUT2D eigenvalue weighted by atomic mass is 10.0. The van der Waals surface area contributed by atoms with Gasteiger partial charge in [-0.1, -0.05) is 41.9 Å². The van der Waals surface area contributed by atoms with E-state index in [9.17, 15) is 20.1 Å². The molecule has 2 aromatic rings. The lowest BCUT2D eigenvalue weighted by Gasteiger charge is -2.19. The summed E-state index contributed by atoms with van der Waals surface area (Å²) in [6.45, 7) is 0.263. The van der Waals surface area contributed by atoms with Gasteiger partial charge in [0, 0.05) is 17.1 Å². The van der Waals surface area contributed by atoms with Gasteiger partial charge in [0.05, 0.1) is 6.10 Å². The standard InChI is InChI=1S/C18H20ClNO5/c19-15-7-6-13(21)10-14(15)17(23)16(22)8-9-20-18(24)25-11-12-4-2-1-3-5-12/h1-7,10,16-17,21-23H,8-9,11H2,(H,20,24). The van der Waals surface area contributed by atoms with E-state index >= 15 is 0 Å². The van der Waals surface area contributed by atoms with E-state index in [1.807, 2.05) is 30.3 Å². The molecule has 6 nitrogen and oxygen atoms in total. The summed E-state index contributed by atoms with van der Waals surface area (Å²) in [7, 11) is 0. The van der Waals surface area contributed by atoms with E-state index in [4.69, 9.17) is 16.3 Å². The monoisotopic (exact) mass is 365 g/mol. The third-order valence-electron chi connectivity index (χ3n) is 3.58. The number of halogens is 1. The Kier molecular flexibility index (Phi) is 7.06. The van der Waals surface area contributed by atoms with Gasteiger partial charge in [0.25, 0.3) is 0 Å². The molecule has 2 unspecified atom stereocenters. The van der Waals surface area contributed by atoms with Gasteiger partial charge in [-0.3, -0.25) is 0 Å². The van der Waals surface area contributed by atoms with Gasteiger partial charge in [-0.05, 0) is 30.2 Å². The molecule has 0 aliphatic rings. The molecule has 2 atom stereocenters. The first-order chi connectivity index (χ1) is 12.0. The Morgan fingerprint density at radius 1 is 1.16 bits per heavy atom. The topological polar surface area (TPSA) is 99.0 Å². The summed E-state index contributed by atoms with van der Waals surface area (Å²) in [6, 6.07) is 13.4. The molecule has 1 amide bonds. The van der Waals surface area contributed by atoms with Crippen LogP contribution in [0.4, 0.5) is 4.79 Å². The number of amides is 1. The Morgan fingerprint density at radius 2 is 1.88 bits per heavy atom. The number of nitrogens with one attached hydrogen (secondary N) is 1. The summed E-state index contributed by atoms with van der Waals surface area (Å²) in [5.74, 6) is -0.0618. The van der Waals surface area contributed by atoms with Crippen LogP contribution in [0.25, 0.3) is 0 Å². The van der Waals surface area contributed by atoms with E-state index in [1.54, 1.807) is 0 Å². The van der Waals surface area contributed by atoms with Gasteiger partial charge in [-0.2, -0.15) is 0 Å². The van der Waals surface area contributed by atoms with Crippen LogP contribution >= 0.6 is 11.6 Å². The zero-order valence-corrected chi connectivity index (χ0v) is 14.2. The summed E-state index contributed by atoms with van der Waals surface area (Å²) in [5.41, 5.74) is 1.09. The van der Waals surface area contributed by atoms with Gasteiger partial charge in [0.2, 0.25) is 0 Å². The minimum absolute atomic E-state index is 0.0618. The molecule has 0 saturated heterocycles. The SMILES string of the molecule is O=C(NCCC(O)C(O)c1cc(O)ccc1Cl)OCc1ccccc1. The zero-order chi connectivity index (χ0) is 18.2. The molecule has 0 fully saturated rings. The first kappa shape index (κ1) is 19.1. The molecule has 25 heavy (non-hydrogen) atoms. The largest absolute Gasteiger partial charge is 0.508 e. The normalized spacial score (nSPS) is 13.1. The maximum atomic E-state index is 11.6. The molecule has 0 aromatic heterocycles. The molecular weight excluding hydrogens is 346 g/mol. The number of aliphatic hydroxyl groups excluding tert-OH is 2. The van der Waals surface area contributed by atoms with E-state index in [0.717, 1.165) is 5.56 Å². The predicted octanol–water partition coefficient (Wildman–Crippen LogP) is 2.76. The van der Waals surface area contributed by atoms with Crippen molar-refractivity contribution in [3.05, 3.63) is 64.7 Å². The first-order valence-corrected chi connectivity index (χ1v) is 8.14. The predicted molar refractivity (Wildman–Crippen MR) is 93.3 cm³/mol. The summed E-state index contributed by atoms with van der Waals surface area (Å²) < 4.78 is 5.04. The van der Waals surface area contributed by atoms with Crippen molar-refractivity contribution >= 4 is 17.7 Å². The molecule has 0 bridgehead atoms. The Labute approximate surface area is 150 Å². The number of rotatable bonds is 7. The Hall–Kier alpha value is -2.28. The van der Waals surface area contributed by atoms with Crippen molar-refractivity contribution in [2.45, 2.75) is 25.2 Å². The highest BCUT2D eigenvalue weighted by molar-refractivity contribution is 6.31. The average molecular weight is 366 g/mol. The van der Waals surface area contributed by atoms with Crippen LogP contribution in [0.15, 0.2) is 48.5 Å². The highest BCUT2D eigenvalue weighted by atomic mass is 35.5. The van der Waals surface area contributed by atoms with Gasteiger partial charge >= 0.3 is 6.09 Å². The number of carbonyl (C=O) groups excluding carboxylic acids is 1. The maximum Gasteiger partial charge on any atom is 0.407 e. The van der Waals surface area contributed by atoms with Gasteiger partial charge in [0.15, 0.2) is 0 Å². The fraction of sp³-hybridized carbons (Fsp3) is 0.278. The van der Waals surface area contributed by atoms with Gasteiger partial charge in [-0.25, -0.2) is 4.79 Å². The lowest BCUT2D eigenvalue weighted by Crippen LogP contribution is -2.29. The zero-order valence-electron chi connectivity index (χ0n) is 13.4. The van der Waals surface area contributed by atoms with Crippen molar-refractivity contribution in [2.24, 2.45) is 0 Å². The number of aliphatic hydroxyl groups is 2. The molecule has 0 spiro atoms. The highest BCUT2D eigenvalue weighted by Gasteiger charge is 2.21. The van der Waals surface area contributed by atoms with Crippen LogP contribution in [0.5, 0.6) is 5.75 Å². The third-order valence-corrected chi connectivity index (χ3v) is 3.93. The molecule has 2 aromatic carbocycles. The summed E-state index contributed by atoms with van der Waals surface area (Å²) in [4.78, 5) is 11.6. The number of phenols is 1. The molecule has 7 heteroatoms. The highest BCUT2D eigenvalue weighted by Crippen LogP contribution is 2.29. The fourth-order valence-corrected chi connectivity index (χ4v) is 2.45. The molecular formula is C18H20ClNO5. The van der Waals surface area contributed by atoms with E-state index in [0.29, 0.717) is 0 Å². The van der Waals surface area contributed by atoms with E-state index < -0.39 is 18.3 Å². The minimum Gasteiger partial charge on any atom is -0.508 e. The van der Waals surface area contributed by atoms with Crippen molar-refractivity contribution in [3.8, 4) is 5.75 Å². The number of hydrogen-bond donors (Lipinski definition) is 4. The second kappa shape index (κ2) is 9.27. The van der Waals surface area contributed by atoms with Crippen molar-refractivity contribution in [1.29, 1.82) is 0 Å². The number of aromatic hydroxyl groups is 1. The Balaban J connectivity index is 1.75. The summed E-state index contributed by atoms with van der Waals surface area (Å²) in [6.07, 6.45) is -2.95. The summed E-state index contributed by atoms with van der Waals surface area (Å²) in [5, 5.41) is 32.3. The maximum absolute atomic E-state index is 11.6. The van der Waals surface area contributed by atoms with Crippen LogP contribution in [0.2, 0.25) is 5.02 Å². The number of hydrogen-bond acceptors (Lipinski definition) is 5. The van der Waals surface area contributed by atoms with Crippen LogP contribution < -0.4 is 5.32 Å². The molecule has 0 aliphatic carbocycles. The smallest absolute Gasteiger partial charge is 0.407 e. The van der Waals surface area contributed by atoms with E-state index in [2.05, 4.69) is 5.32 Å². The van der Waals surface area contributed by atoms with Crippen molar-refractivity contribution in [1.82, 2.24) is 5.32 Å². The molecule has 0 heterocycles. The molecule has 0 saturated carbocycles. The fourth-order valence-electron chi connectivity index (χ4n) is 2.22. The van der Waals surface area contributed by atoms with Crippen LogP contribution in [0, 0.1) is 0 Å². The molecule has 134 valence electrons. The van der Waals surface area contributed by atoms with Crippen molar-refractivity contribution in [2.75, 3.05) is 6.54 Å². The quantitative estimate of drug-likeness (QED) is 0.604. The molecule has 2 rings (SSSR count). The van der Waals surface area contributed by atoms with Gasteiger partial charge in [0.1, 0.15) is 18.5 Å². The average Bonchev–Trinajstić information content (AvgIpc) is 2.62. The lowest BCUT2D eigenvalue weighted by molar-refractivity contribution is 0.0136. The number of phenolic OH excluding ortho intramolecular Hbond substituents is 1. The van der Waals surface area contributed by atoms with Crippen molar-refractivity contribution < 1.29 is 24.9 Å². The van der Waals surface area contributed by atoms with E-state index in [-0.39, 0.29) is 35.9 Å². The third kappa shape index (κ3) is 5.94. The van der Waals surface area contributed by atoms with Crippen LogP contribution in [0.3, 0.4) is 0 Å². The first-order valence-electron chi connectivity index (χ1n) is 7.76. The number of carbonyl (C=O) groups is 1. The van der Waals surface area contributed by atoms with Gasteiger partial charge in [-0.15, -0.1) is 0 Å². The summed E-state index contributed by atoms with van der Waals surface area (Å²) >= 11 is 5.95. The van der Waals surface area contributed by atoms with Crippen LogP contribution in [-0.4, -0.2) is 34.1 Å². The number of benzene rings is 2. The second-order valence-corrected chi connectivity index (χ2v) is 5.90. The van der Waals surface area contributed by atoms with Crippen molar-refractivity contribution in [3.63, 3.8) is 0 Å². The van der Waals surface area contributed by atoms with Crippen LogP contribution in [0.1, 0.15) is 23.7 Å². The second-order valence-electron chi connectivity index (χ2n) is 5.50. The van der Waals surface area contributed by atoms with E-state index in [1.165, 1.54) is 18.2 Å². The minimum atomic E-state index is -1.28. The van der Waals surface area contributed by atoms with Crippen LogP contribution in [-0.2, 0) is 11.3 Å². The Morgan fingerprint density at radius 3 is 2.60 bits per heavy atom. The Bertz CT molecular complexity index is 695. The number of ether oxygens (including phenoxy) is 1. The molecule has 4 N–H and O–H groups in total. The molecule has 0 aliphatic heterocycles. The number of alkyl carbamates (subject to hydrolysis) is 1.